The zero-order valence-electron chi connectivity index (χ0n) is 30.0. The summed E-state index contributed by atoms with van der Waals surface area (Å²) in [6.45, 7) is 9.71. The molecule has 0 spiro atoms. The van der Waals surface area contributed by atoms with E-state index in [9.17, 15) is 53.9 Å². The summed E-state index contributed by atoms with van der Waals surface area (Å²) in [4.78, 5) is 49.4. The Kier molecular flexibility index (Phi) is 11.8. The van der Waals surface area contributed by atoms with Crippen LogP contribution < -0.4 is 0 Å². The summed E-state index contributed by atoms with van der Waals surface area (Å²) >= 11 is 0. The summed E-state index contributed by atoms with van der Waals surface area (Å²) in [7, 11) is -5.93. The van der Waals surface area contributed by atoms with Gasteiger partial charge in [-0.05, 0) is 86.4 Å². The lowest BCUT2D eigenvalue weighted by molar-refractivity contribution is -0.361. The molecule has 1 N–H and O–H groups in total. The Labute approximate surface area is 298 Å². The van der Waals surface area contributed by atoms with Crippen molar-refractivity contribution in [1.29, 1.82) is 0 Å². The molecule has 11 nitrogen and oxygen atoms in total. The molecule has 4 aliphatic rings. The van der Waals surface area contributed by atoms with Crippen LogP contribution in [0.25, 0.3) is 0 Å². The predicted molar refractivity (Wildman–Crippen MR) is 168 cm³/mol. The Balaban J connectivity index is 1.63. The van der Waals surface area contributed by atoms with Crippen LogP contribution in [0, 0.1) is 46.3 Å². The molecule has 0 aliphatic heterocycles. The maximum atomic E-state index is 13.8. The Morgan fingerprint density at radius 1 is 0.827 bits per heavy atom. The first-order valence-electron chi connectivity index (χ1n) is 17.5. The Hall–Kier alpha value is -2.63. The van der Waals surface area contributed by atoms with Gasteiger partial charge in [0.1, 0.15) is 24.1 Å². The average Bonchev–Trinajstić information content (AvgIpc) is 3.32. The summed E-state index contributed by atoms with van der Waals surface area (Å²) in [5.41, 5.74) is -6.59. The van der Waals surface area contributed by atoms with Crippen molar-refractivity contribution in [2.75, 3.05) is 5.75 Å². The topological polar surface area (TPSA) is 160 Å². The predicted octanol–water partition coefficient (Wildman–Crippen LogP) is 6.37. The second-order valence-electron chi connectivity index (χ2n) is 15.8. The van der Waals surface area contributed by atoms with Crippen molar-refractivity contribution >= 4 is 34.0 Å². The van der Waals surface area contributed by atoms with Crippen LogP contribution in [0.1, 0.15) is 99.3 Å². The number of hydrogen-bond acceptors (Lipinski definition) is 10. The van der Waals surface area contributed by atoms with Crippen molar-refractivity contribution in [2.45, 2.75) is 136 Å². The van der Waals surface area contributed by atoms with E-state index in [1.807, 2.05) is 6.92 Å². The summed E-state index contributed by atoms with van der Waals surface area (Å²) < 4.78 is 136. The van der Waals surface area contributed by atoms with Crippen molar-refractivity contribution in [3.63, 3.8) is 0 Å². The van der Waals surface area contributed by atoms with Crippen LogP contribution in [0.3, 0.4) is 0 Å². The van der Waals surface area contributed by atoms with Crippen LogP contribution in [-0.2, 0) is 48.2 Å². The molecule has 0 amide bonds. The number of esters is 4. The zero-order valence-corrected chi connectivity index (χ0v) is 30.8. The van der Waals surface area contributed by atoms with Crippen molar-refractivity contribution in [3.05, 3.63) is 0 Å². The smallest absolute Gasteiger partial charge is 0.438 e. The van der Waals surface area contributed by atoms with E-state index in [1.54, 1.807) is 6.92 Å². The van der Waals surface area contributed by atoms with E-state index in [4.69, 9.17) is 18.8 Å². The van der Waals surface area contributed by atoms with Gasteiger partial charge in [0.2, 0.25) is 0 Å². The monoisotopic (exact) mass is 778 g/mol. The van der Waals surface area contributed by atoms with Crippen LogP contribution in [0.4, 0.5) is 26.3 Å². The first-order valence-corrected chi connectivity index (χ1v) is 19.1. The highest BCUT2D eigenvalue weighted by molar-refractivity contribution is 7.85. The SMILES string of the molecule is CC(=O)OC1CC[C@@]2(C)C(C1)CC(OC(C)=O)[C@H]1[C@@H]3CC[C@H]([C@H](C)CCC(=O)OC(CS(=O)(=O)O)(C(F)(F)F)C(F)(F)F)[C@@]3(C)C(OC(C)=O)C[C@@H]12. The van der Waals surface area contributed by atoms with E-state index in [0.29, 0.717) is 44.9 Å². The second kappa shape index (κ2) is 14.5. The molecule has 0 radical (unpaired) electrons. The Morgan fingerprint density at radius 3 is 1.92 bits per heavy atom. The quantitative estimate of drug-likeness (QED) is 0.114. The van der Waals surface area contributed by atoms with Gasteiger partial charge in [0.05, 0.1) is 0 Å². The number of alkyl halides is 6. The van der Waals surface area contributed by atoms with E-state index < -0.39 is 81.7 Å². The molecule has 4 saturated carbocycles. The van der Waals surface area contributed by atoms with Gasteiger partial charge < -0.3 is 18.9 Å². The molecule has 4 rings (SSSR count). The number of carbonyl (C=O) groups excluding carboxylic acids is 4. The van der Waals surface area contributed by atoms with Gasteiger partial charge in [-0.3, -0.25) is 23.7 Å². The molecule has 52 heavy (non-hydrogen) atoms. The van der Waals surface area contributed by atoms with Gasteiger partial charge in [-0.2, -0.15) is 34.8 Å². The highest BCUT2D eigenvalue weighted by Gasteiger charge is 2.76. The lowest BCUT2D eigenvalue weighted by Crippen LogP contribution is -2.63. The van der Waals surface area contributed by atoms with Gasteiger partial charge in [-0.25, -0.2) is 0 Å². The highest BCUT2D eigenvalue weighted by atomic mass is 32.2. The lowest BCUT2D eigenvalue weighted by Gasteiger charge is -2.64. The third kappa shape index (κ3) is 8.07. The third-order valence-electron chi connectivity index (χ3n) is 12.8. The van der Waals surface area contributed by atoms with Crippen LogP contribution >= 0.6 is 0 Å². The van der Waals surface area contributed by atoms with Gasteiger partial charge >= 0.3 is 41.8 Å². The highest BCUT2D eigenvalue weighted by Crippen LogP contribution is 2.69. The number of hydrogen-bond donors (Lipinski definition) is 1. The number of ether oxygens (including phenoxy) is 4. The molecule has 11 atom stereocenters. The van der Waals surface area contributed by atoms with Gasteiger partial charge in [0.15, 0.2) is 0 Å². The fourth-order valence-corrected chi connectivity index (χ4v) is 11.5. The summed E-state index contributed by atoms with van der Waals surface area (Å²) in [5.74, 6) is -7.68. The second-order valence-corrected chi connectivity index (χ2v) is 17.3. The summed E-state index contributed by atoms with van der Waals surface area (Å²) in [5, 5.41) is 0. The summed E-state index contributed by atoms with van der Waals surface area (Å²) in [6.07, 6.45) is -11.7. The molecule has 0 aromatic heterocycles. The van der Waals surface area contributed by atoms with Crippen molar-refractivity contribution in [2.24, 2.45) is 46.3 Å². The van der Waals surface area contributed by atoms with Gasteiger partial charge in [0.25, 0.3) is 10.1 Å². The van der Waals surface area contributed by atoms with E-state index >= 15 is 0 Å². The average molecular weight is 779 g/mol. The fraction of sp³-hybridized carbons (Fsp3) is 0.882. The van der Waals surface area contributed by atoms with Crippen LogP contribution in [0.2, 0.25) is 0 Å². The third-order valence-corrected chi connectivity index (χ3v) is 13.6. The van der Waals surface area contributed by atoms with Gasteiger partial charge in [0, 0.05) is 38.5 Å². The minimum atomic E-state index is -6.43. The van der Waals surface area contributed by atoms with Crippen LogP contribution in [-0.4, -0.2) is 78.9 Å². The van der Waals surface area contributed by atoms with Crippen LogP contribution in [0.5, 0.6) is 0 Å². The van der Waals surface area contributed by atoms with Gasteiger partial charge in [-0.1, -0.05) is 20.8 Å². The first kappa shape index (κ1) is 42.1. The Morgan fingerprint density at radius 2 is 1.40 bits per heavy atom. The van der Waals surface area contributed by atoms with Crippen molar-refractivity contribution in [1.82, 2.24) is 0 Å². The molecule has 0 aromatic rings. The molecule has 18 heteroatoms. The number of halogens is 6. The molecule has 0 bridgehead atoms. The first-order chi connectivity index (χ1) is 23.7. The van der Waals surface area contributed by atoms with Gasteiger partial charge in [-0.15, -0.1) is 0 Å². The van der Waals surface area contributed by atoms with Crippen molar-refractivity contribution < 1.29 is 77.4 Å². The number of carbonyl (C=O) groups is 4. The molecular formula is C34H48F6O11S. The van der Waals surface area contributed by atoms with E-state index in [1.165, 1.54) is 20.8 Å². The normalized spacial score (nSPS) is 35.6. The van der Waals surface area contributed by atoms with E-state index in [-0.39, 0.29) is 53.5 Å². The molecule has 0 heterocycles. The molecule has 4 aliphatic carbocycles. The summed E-state index contributed by atoms with van der Waals surface area (Å²) in [6, 6.07) is 0. The molecule has 4 unspecified atom stereocenters. The van der Waals surface area contributed by atoms with E-state index in [0.717, 1.165) is 0 Å². The lowest BCUT2D eigenvalue weighted by atomic mass is 9.43. The fourth-order valence-electron chi connectivity index (χ4n) is 10.6. The standard InChI is InChI=1S/C34H48F6O11S/c1-17(7-10-28(44)51-32(33(35,36)37,34(38,39)40)16-52(45,46)47)23-8-9-24-29-25(15-27(31(23,24)6)50-20(4)43)30(5)12-11-22(48-18(2)41)13-21(30)14-26(29)49-19(3)42/h17,21-27,29H,7-16H2,1-6H3,(H,45,46,47)/t17-,21?,22?,23-,24+,25+,26?,27?,29+,30+,31-/m1/s1. The number of fused-ring (bicyclic) bond motifs is 5. The molecule has 4 fully saturated rings. The van der Waals surface area contributed by atoms with Crippen molar-refractivity contribution in [3.8, 4) is 0 Å². The minimum absolute atomic E-state index is 0.0157. The molecule has 0 aromatic carbocycles. The zero-order chi connectivity index (χ0) is 39.4. The molecule has 0 saturated heterocycles. The van der Waals surface area contributed by atoms with Crippen LogP contribution in [0.15, 0.2) is 0 Å². The Bertz CT molecular complexity index is 1480. The maximum Gasteiger partial charge on any atom is 0.438 e. The maximum absolute atomic E-state index is 13.8. The minimum Gasteiger partial charge on any atom is -0.463 e. The number of rotatable bonds is 10. The molecule has 298 valence electrons. The van der Waals surface area contributed by atoms with E-state index in [2.05, 4.69) is 11.7 Å². The molecular weight excluding hydrogens is 730 g/mol. The largest absolute Gasteiger partial charge is 0.463 e.